The molecule has 362 valence electrons. The molecule has 3 fully saturated rings. The van der Waals surface area contributed by atoms with Crippen LogP contribution in [0.25, 0.3) is 0 Å². The van der Waals surface area contributed by atoms with Gasteiger partial charge in [0.15, 0.2) is 18.9 Å². The van der Waals surface area contributed by atoms with Crippen molar-refractivity contribution in [3.63, 3.8) is 0 Å². The summed E-state index contributed by atoms with van der Waals surface area (Å²) in [7, 11) is 9.04. The van der Waals surface area contributed by atoms with E-state index in [0.29, 0.717) is 19.3 Å². The molecule has 0 radical (unpaired) electrons. The third-order valence-electron chi connectivity index (χ3n) is 12.9. The second-order valence-electron chi connectivity index (χ2n) is 18.6. The lowest BCUT2D eigenvalue weighted by atomic mass is 9.82. The summed E-state index contributed by atoms with van der Waals surface area (Å²) in [6, 6.07) is -0.510. The van der Waals surface area contributed by atoms with Crippen LogP contribution >= 0.6 is 0 Å². The summed E-state index contributed by atoms with van der Waals surface area (Å²) in [6.07, 6.45) is -1.76. The van der Waals surface area contributed by atoms with E-state index in [1.54, 1.807) is 46.7 Å². The minimum Gasteiger partial charge on any atom is -0.462 e. The Morgan fingerprint density at radius 3 is 2.21 bits per heavy atom. The number of cyclic esters (lactones) is 1. The number of ether oxygens (including phenoxy) is 9. The van der Waals surface area contributed by atoms with Gasteiger partial charge < -0.3 is 72.5 Å². The lowest BCUT2D eigenvalue weighted by Crippen LogP contribution is -2.65. The van der Waals surface area contributed by atoms with E-state index in [2.05, 4.69) is 4.90 Å². The number of rotatable bonds is 13. The van der Waals surface area contributed by atoms with Crippen LogP contribution in [0.2, 0.25) is 0 Å². The molecule has 17 nitrogen and oxygen atoms in total. The topological polar surface area (TPSA) is 201 Å². The maximum atomic E-state index is 13.5. The highest BCUT2D eigenvalue weighted by Crippen LogP contribution is 2.38. The molecule has 4 rings (SSSR count). The van der Waals surface area contributed by atoms with Gasteiger partial charge in [-0.3, -0.25) is 9.59 Å². The first-order valence-electron chi connectivity index (χ1n) is 22.7. The Kier molecular flexibility index (Phi) is 20.6. The zero-order valence-corrected chi connectivity index (χ0v) is 39.6. The van der Waals surface area contributed by atoms with Gasteiger partial charge in [0.25, 0.3) is 0 Å². The van der Waals surface area contributed by atoms with Crippen LogP contribution < -0.4 is 0 Å². The molecule has 0 amide bonds. The van der Waals surface area contributed by atoms with Gasteiger partial charge in [0, 0.05) is 38.8 Å². The molecule has 3 N–H and O–H groups in total. The molecular formula is C46H78N2O15. The molecule has 0 aromatic carbocycles. The van der Waals surface area contributed by atoms with Crippen molar-refractivity contribution >= 4 is 18.2 Å². The molecule has 4 heterocycles. The third kappa shape index (κ3) is 14.5. The van der Waals surface area contributed by atoms with Gasteiger partial charge in [-0.15, -0.1) is 0 Å². The number of aliphatic hydroxyl groups is 3. The van der Waals surface area contributed by atoms with Crippen molar-refractivity contribution in [2.75, 3.05) is 35.3 Å². The molecular weight excluding hydrogens is 821 g/mol. The molecule has 0 spiro atoms. The van der Waals surface area contributed by atoms with Crippen molar-refractivity contribution < 1.29 is 72.3 Å². The minimum atomic E-state index is -1.49. The number of nitrogens with zero attached hydrogens (tertiary/aromatic N) is 2. The second kappa shape index (κ2) is 24.4. The van der Waals surface area contributed by atoms with Gasteiger partial charge in [-0.1, -0.05) is 38.2 Å². The van der Waals surface area contributed by atoms with Crippen molar-refractivity contribution in [3.05, 3.63) is 24.3 Å². The first kappa shape index (κ1) is 53.2. The molecule has 3 saturated heterocycles. The average Bonchev–Trinajstić information content (AvgIpc) is 3.19. The van der Waals surface area contributed by atoms with E-state index >= 15 is 0 Å². The summed E-state index contributed by atoms with van der Waals surface area (Å²) in [4.78, 5) is 43.2. The summed E-state index contributed by atoms with van der Waals surface area (Å²) >= 11 is 0. The normalized spacial score (nSPS) is 42.5. The van der Waals surface area contributed by atoms with E-state index in [1.165, 1.54) is 14.0 Å². The first-order chi connectivity index (χ1) is 29.7. The number of aldehydes is 1. The Labute approximate surface area is 374 Å². The Morgan fingerprint density at radius 1 is 0.905 bits per heavy atom. The van der Waals surface area contributed by atoms with Crippen molar-refractivity contribution in [2.24, 2.45) is 11.8 Å². The molecule has 4 aliphatic rings. The standard InChI is InChI=1S/C46H78N2O15/c1-13-35(50)60-34-24-36(51)56-27(3)17-15-14-16-18-33(61-37-20-19-32(47(8)9)28(4)57-37)26(2)23-31(21-22-49)42(43(34)55-12)63-45-40(52)39(48(10)11)41(29(5)59-45)62-38-25-46(7,54)44(53)30(6)58-38/h14-16,18,22,26-34,37-45,52-54H,13,17,19-21,23-25H2,1-12H3/t26-,27-,28-,29+,30+,31+,32+,33+,34-,37-,38+,39+,40+,41+,42+,43+,44+,45-,46-/m1/s1. The lowest BCUT2D eigenvalue weighted by Gasteiger charge is -2.50. The molecule has 19 atom stereocenters. The number of likely N-dealkylation sites (N-methyl/N-ethyl adjacent to an activating group) is 2. The molecule has 0 saturated carbocycles. The van der Waals surface area contributed by atoms with Gasteiger partial charge in [0.05, 0.1) is 48.6 Å². The maximum absolute atomic E-state index is 13.5. The number of carbonyl (C=O) groups is 3. The molecule has 4 aliphatic heterocycles. The molecule has 0 unspecified atom stereocenters. The number of carbonyl (C=O) groups excluding carboxylic acids is 3. The Morgan fingerprint density at radius 2 is 1.60 bits per heavy atom. The van der Waals surface area contributed by atoms with Crippen LogP contribution in [-0.2, 0) is 57.0 Å². The van der Waals surface area contributed by atoms with Gasteiger partial charge in [-0.05, 0) is 93.9 Å². The van der Waals surface area contributed by atoms with Gasteiger partial charge in [0.1, 0.15) is 42.9 Å². The van der Waals surface area contributed by atoms with Crippen molar-refractivity contribution in [1.82, 2.24) is 9.80 Å². The fraction of sp³-hybridized carbons (Fsp3) is 0.848. The highest BCUT2D eigenvalue weighted by molar-refractivity contribution is 5.72. The number of esters is 2. The summed E-state index contributed by atoms with van der Waals surface area (Å²) in [5, 5.41) is 33.7. The van der Waals surface area contributed by atoms with Crippen LogP contribution in [-0.4, -0.2) is 182 Å². The van der Waals surface area contributed by atoms with Crippen LogP contribution in [0, 0.1) is 11.8 Å². The van der Waals surface area contributed by atoms with Gasteiger partial charge in [0.2, 0.25) is 0 Å². The molecule has 0 aromatic heterocycles. The Balaban J connectivity index is 1.74. The van der Waals surface area contributed by atoms with Crippen molar-refractivity contribution in [3.8, 4) is 0 Å². The van der Waals surface area contributed by atoms with E-state index in [4.69, 9.17) is 42.6 Å². The van der Waals surface area contributed by atoms with Gasteiger partial charge >= 0.3 is 11.9 Å². The average molecular weight is 899 g/mol. The van der Waals surface area contributed by atoms with E-state index < -0.39 is 109 Å². The second-order valence-corrected chi connectivity index (χ2v) is 18.6. The zero-order chi connectivity index (χ0) is 46.8. The molecule has 17 heteroatoms. The fourth-order valence-corrected chi connectivity index (χ4v) is 9.44. The largest absolute Gasteiger partial charge is 0.462 e. The number of methoxy groups -OCH3 is 1. The highest BCUT2D eigenvalue weighted by atomic mass is 16.7. The number of hydrogen-bond donors (Lipinski definition) is 3. The SMILES string of the molecule is CCC(=O)O[C@@H]1CC(=O)O[C@H](C)CC=CC=C[C@H](O[C@@H]2CC[C@H](N(C)C)[C@@H](C)O2)[C@H](C)C[C@H](CC=O)[C@H](O[C@H]2O[C@@H](C)[C@H](O[C@H]3C[C@@](C)(O)[C@@H](O)[C@H](C)O3)[C@@H](N(C)C)[C@@H]2O)[C@H]1OC. The van der Waals surface area contributed by atoms with Crippen molar-refractivity contribution in [2.45, 2.75) is 204 Å². The van der Waals surface area contributed by atoms with Crippen molar-refractivity contribution in [1.29, 1.82) is 0 Å². The monoisotopic (exact) mass is 899 g/mol. The molecule has 63 heavy (non-hydrogen) atoms. The predicted molar refractivity (Wildman–Crippen MR) is 231 cm³/mol. The van der Waals surface area contributed by atoms with E-state index in [1.807, 2.05) is 52.2 Å². The first-order valence-corrected chi connectivity index (χ1v) is 22.7. The maximum Gasteiger partial charge on any atom is 0.309 e. The molecule has 0 aromatic rings. The smallest absolute Gasteiger partial charge is 0.309 e. The summed E-state index contributed by atoms with van der Waals surface area (Å²) in [5.74, 6) is -2.12. The van der Waals surface area contributed by atoms with E-state index in [0.717, 1.165) is 12.7 Å². The Bertz CT molecular complexity index is 1490. The van der Waals surface area contributed by atoms with Crippen LogP contribution in [0.3, 0.4) is 0 Å². The summed E-state index contributed by atoms with van der Waals surface area (Å²) < 4.78 is 56.7. The summed E-state index contributed by atoms with van der Waals surface area (Å²) in [5.41, 5.74) is -1.49. The van der Waals surface area contributed by atoms with Gasteiger partial charge in [-0.2, -0.15) is 0 Å². The van der Waals surface area contributed by atoms with Crippen LogP contribution in [0.5, 0.6) is 0 Å². The number of allylic oxidation sites excluding steroid dienone is 2. The van der Waals surface area contributed by atoms with Crippen LogP contribution in [0.15, 0.2) is 24.3 Å². The fourth-order valence-electron chi connectivity index (χ4n) is 9.44. The molecule has 0 aliphatic carbocycles. The molecule has 0 bridgehead atoms. The minimum absolute atomic E-state index is 0.0117. The van der Waals surface area contributed by atoms with E-state index in [9.17, 15) is 29.7 Å². The van der Waals surface area contributed by atoms with E-state index in [-0.39, 0.29) is 43.7 Å². The number of aliphatic hydroxyl groups excluding tert-OH is 2. The van der Waals surface area contributed by atoms with Gasteiger partial charge in [-0.25, -0.2) is 0 Å². The summed E-state index contributed by atoms with van der Waals surface area (Å²) in [6.45, 7) is 12.4. The number of hydrogen-bond acceptors (Lipinski definition) is 17. The Hall–Kier alpha value is -2.39. The lowest BCUT2D eigenvalue weighted by molar-refractivity contribution is -0.344. The van der Waals surface area contributed by atoms with Crippen LogP contribution in [0.1, 0.15) is 99.8 Å². The van der Waals surface area contributed by atoms with Crippen LogP contribution in [0.4, 0.5) is 0 Å². The zero-order valence-electron chi connectivity index (χ0n) is 39.6. The third-order valence-corrected chi connectivity index (χ3v) is 12.9. The highest BCUT2D eigenvalue weighted by Gasteiger charge is 2.52. The quantitative estimate of drug-likeness (QED) is 0.180. The predicted octanol–water partition coefficient (Wildman–Crippen LogP) is 3.29.